The molecule has 1 unspecified atom stereocenters. The number of aliphatic carboxylic acids is 1. The molecule has 4 nitrogen and oxygen atoms in total. The van der Waals surface area contributed by atoms with Gasteiger partial charge in [0.05, 0.1) is 11.2 Å². The fourth-order valence-corrected chi connectivity index (χ4v) is 3.87. The summed E-state index contributed by atoms with van der Waals surface area (Å²) in [6, 6.07) is 15.0. The van der Waals surface area contributed by atoms with Crippen molar-refractivity contribution >= 4 is 28.5 Å². The van der Waals surface area contributed by atoms with Crippen LogP contribution in [0.4, 0.5) is 0 Å². The first-order valence-electron chi connectivity index (χ1n) is 8.91. The molecular weight excluding hydrogens is 348 g/mol. The second kappa shape index (κ2) is 7.12. The number of halogens is 1. The summed E-state index contributed by atoms with van der Waals surface area (Å²) in [5.74, 6) is -0.894. The van der Waals surface area contributed by atoms with E-state index in [0.29, 0.717) is 5.02 Å². The second-order valence-corrected chi connectivity index (χ2v) is 7.06. The number of benzene rings is 2. The normalized spacial score (nSPS) is 13.1. The highest BCUT2D eigenvalue weighted by Gasteiger charge is 2.36. The molecule has 3 rings (SSSR count). The molecule has 0 fully saturated rings. The van der Waals surface area contributed by atoms with Crippen LogP contribution in [-0.2, 0) is 10.2 Å². The van der Waals surface area contributed by atoms with Crippen molar-refractivity contribution in [2.75, 3.05) is 0 Å². The maximum absolute atomic E-state index is 11.6. The molecule has 136 valence electrons. The second-order valence-electron chi connectivity index (χ2n) is 6.62. The topological polar surface area (TPSA) is 55.1 Å². The van der Waals surface area contributed by atoms with E-state index in [9.17, 15) is 9.90 Å². The molecule has 0 aliphatic carbocycles. The number of carboxylic acid groups (broad SMARTS) is 1. The number of fused-ring (bicyclic) bond motifs is 1. The zero-order chi connectivity index (χ0) is 18.9. The Kier molecular flexibility index (Phi) is 5.05. The number of carbonyl (C=O) groups is 1. The van der Waals surface area contributed by atoms with Crippen LogP contribution in [0.15, 0.2) is 48.5 Å². The maximum atomic E-state index is 11.6. The van der Waals surface area contributed by atoms with E-state index < -0.39 is 12.0 Å². The summed E-state index contributed by atoms with van der Waals surface area (Å²) in [6.07, 6.45) is 1.71. The zero-order valence-corrected chi connectivity index (χ0v) is 16.0. The quantitative estimate of drug-likeness (QED) is 0.628. The van der Waals surface area contributed by atoms with Gasteiger partial charge in [0.15, 0.2) is 0 Å². The predicted octanol–water partition coefficient (Wildman–Crippen LogP) is 5.44. The van der Waals surface area contributed by atoms with E-state index in [1.165, 1.54) is 0 Å². The molecular formula is C21H23ClN2O2. The summed E-state index contributed by atoms with van der Waals surface area (Å²) in [7, 11) is 0. The van der Waals surface area contributed by atoms with Gasteiger partial charge in [0, 0.05) is 15.8 Å². The van der Waals surface area contributed by atoms with E-state index in [-0.39, 0.29) is 5.41 Å². The molecule has 2 aromatic carbocycles. The van der Waals surface area contributed by atoms with Crippen molar-refractivity contribution in [2.45, 2.75) is 45.1 Å². The Labute approximate surface area is 158 Å². The van der Waals surface area contributed by atoms with Crippen LogP contribution in [-0.4, -0.2) is 20.9 Å². The van der Waals surface area contributed by atoms with E-state index in [1.54, 1.807) is 11.6 Å². The lowest BCUT2D eigenvalue weighted by Crippen LogP contribution is -2.27. The number of carboxylic acids is 1. The third kappa shape index (κ3) is 2.88. The van der Waals surface area contributed by atoms with Crippen LogP contribution in [0, 0.1) is 0 Å². The van der Waals surface area contributed by atoms with Gasteiger partial charge in [-0.15, -0.1) is 0 Å². The Morgan fingerprint density at radius 1 is 1.15 bits per heavy atom. The summed E-state index contributed by atoms with van der Waals surface area (Å²) >= 11 is 6.08. The number of hydrogen-bond acceptors (Lipinski definition) is 2. The van der Waals surface area contributed by atoms with Gasteiger partial charge in [-0.1, -0.05) is 55.8 Å². The number of para-hydroxylation sites is 1. The third-order valence-electron chi connectivity index (χ3n) is 5.40. The summed E-state index contributed by atoms with van der Waals surface area (Å²) in [6.45, 7) is 5.95. The molecule has 0 amide bonds. The summed E-state index contributed by atoms with van der Waals surface area (Å²) in [4.78, 5) is 11.6. The minimum atomic E-state index is -0.894. The highest BCUT2D eigenvalue weighted by molar-refractivity contribution is 6.30. The van der Waals surface area contributed by atoms with Crippen LogP contribution in [0.25, 0.3) is 10.9 Å². The molecule has 0 aliphatic heterocycles. The van der Waals surface area contributed by atoms with E-state index in [2.05, 4.69) is 13.8 Å². The van der Waals surface area contributed by atoms with Gasteiger partial charge in [-0.05, 0) is 43.5 Å². The lowest BCUT2D eigenvalue weighted by Gasteiger charge is -2.31. The minimum Gasteiger partial charge on any atom is -0.480 e. The van der Waals surface area contributed by atoms with Crippen molar-refractivity contribution < 1.29 is 9.90 Å². The van der Waals surface area contributed by atoms with Gasteiger partial charge >= 0.3 is 5.97 Å². The molecule has 26 heavy (non-hydrogen) atoms. The summed E-state index contributed by atoms with van der Waals surface area (Å²) in [5, 5.41) is 16.0. The van der Waals surface area contributed by atoms with Gasteiger partial charge in [0.1, 0.15) is 6.04 Å². The minimum absolute atomic E-state index is 0.298. The van der Waals surface area contributed by atoms with Gasteiger partial charge < -0.3 is 5.11 Å². The first kappa shape index (κ1) is 18.5. The Bertz CT molecular complexity index is 927. The average molecular weight is 371 g/mol. The fourth-order valence-electron chi connectivity index (χ4n) is 3.74. The van der Waals surface area contributed by atoms with E-state index in [4.69, 9.17) is 16.7 Å². The first-order chi connectivity index (χ1) is 12.4. The Balaban J connectivity index is 2.30. The molecule has 0 saturated carbocycles. The Morgan fingerprint density at radius 3 is 2.35 bits per heavy atom. The highest BCUT2D eigenvalue weighted by Crippen LogP contribution is 2.42. The molecule has 5 heteroatoms. The third-order valence-corrected chi connectivity index (χ3v) is 5.65. The van der Waals surface area contributed by atoms with Gasteiger partial charge in [0.25, 0.3) is 0 Å². The molecule has 1 aromatic heterocycles. The Morgan fingerprint density at radius 2 is 1.77 bits per heavy atom. The lowest BCUT2D eigenvalue weighted by molar-refractivity contribution is -0.140. The van der Waals surface area contributed by atoms with Crippen LogP contribution in [0.1, 0.15) is 50.9 Å². The van der Waals surface area contributed by atoms with Crippen molar-refractivity contribution in [3.8, 4) is 0 Å². The average Bonchev–Trinajstić information content (AvgIpc) is 3.04. The maximum Gasteiger partial charge on any atom is 0.328 e. The smallest absolute Gasteiger partial charge is 0.328 e. The Hall–Kier alpha value is -2.33. The molecule has 0 bridgehead atoms. The molecule has 0 saturated heterocycles. The van der Waals surface area contributed by atoms with Crippen LogP contribution in [0.5, 0.6) is 0 Å². The standard InChI is InChI=1S/C21H23ClN2O2/c1-4-21(5-2,15-10-12-16(22)13-11-15)19-17-8-6-7-9-18(17)24(23-19)14(3)20(25)26/h6-14H,4-5H2,1-3H3,(H,25,26). The van der Waals surface area contributed by atoms with Crippen molar-refractivity contribution in [1.82, 2.24) is 9.78 Å². The van der Waals surface area contributed by atoms with Crippen molar-refractivity contribution in [3.63, 3.8) is 0 Å². The largest absolute Gasteiger partial charge is 0.480 e. The summed E-state index contributed by atoms with van der Waals surface area (Å²) in [5.41, 5.74) is 2.62. The predicted molar refractivity (Wildman–Crippen MR) is 105 cm³/mol. The highest BCUT2D eigenvalue weighted by atomic mass is 35.5. The first-order valence-corrected chi connectivity index (χ1v) is 9.29. The molecule has 0 spiro atoms. The van der Waals surface area contributed by atoms with Crippen LogP contribution in [0.2, 0.25) is 5.02 Å². The molecule has 0 radical (unpaired) electrons. The van der Waals surface area contributed by atoms with Gasteiger partial charge in [-0.25, -0.2) is 4.79 Å². The number of aromatic nitrogens is 2. The lowest BCUT2D eigenvalue weighted by atomic mass is 9.72. The van der Waals surface area contributed by atoms with Crippen molar-refractivity contribution in [1.29, 1.82) is 0 Å². The SMILES string of the molecule is CCC(CC)(c1ccc(Cl)cc1)c1nn(C(C)C(=O)O)c2ccccc12. The van der Waals surface area contributed by atoms with E-state index >= 15 is 0 Å². The molecule has 3 aromatic rings. The fraction of sp³-hybridized carbons (Fsp3) is 0.333. The van der Waals surface area contributed by atoms with Crippen LogP contribution in [0.3, 0.4) is 0 Å². The van der Waals surface area contributed by atoms with Crippen LogP contribution >= 0.6 is 11.6 Å². The van der Waals surface area contributed by atoms with Gasteiger partial charge in [-0.3, -0.25) is 4.68 Å². The summed E-state index contributed by atoms with van der Waals surface area (Å²) < 4.78 is 1.63. The zero-order valence-electron chi connectivity index (χ0n) is 15.2. The number of nitrogens with zero attached hydrogens (tertiary/aromatic N) is 2. The molecule has 1 atom stereocenters. The van der Waals surface area contributed by atoms with E-state index in [0.717, 1.165) is 35.0 Å². The monoisotopic (exact) mass is 370 g/mol. The van der Waals surface area contributed by atoms with Gasteiger partial charge in [0.2, 0.25) is 0 Å². The molecule has 1 N–H and O–H groups in total. The van der Waals surface area contributed by atoms with Crippen molar-refractivity contribution in [3.05, 3.63) is 64.8 Å². The van der Waals surface area contributed by atoms with Gasteiger partial charge in [-0.2, -0.15) is 5.10 Å². The number of rotatable bonds is 6. The van der Waals surface area contributed by atoms with Crippen molar-refractivity contribution in [2.24, 2.45) is 0 Å². The number of hydrogen-bond donors (Lipinski definition) is 1. The molecule has 1 heterocycles. The van der Waals surface area contributed by atoms with E-state index in [1.807, 2.05) is 48.5 Å². The van der Waals surface area contributed by atoms with Crippen LogP contribution < -0.4 is 0 Å². The molecule has 0 aliphatic rings.